The zero-order chi connectivity index (χ0) is 13.7. The molecule has 6 heteroatoms. The van der Waals surface area contributed by atoms with Gasteiger partial charge in [0.2, 0.25) is 11.8 Å². The molecule has 1 aliphatic heterocycles. The molecule has 6 nitrogen and oxygen atoms in total. The lowest BCUT2D eigenvalue weighted by atomic mass is 10.2. The van der Waals surface area contributed by atoms with Gasteiger partial charge in [0.25, 0.3) is 0 Å². The van der Waals surface area contributed by atoms with Crippen LogP contribution in [0.4, 0.5) is 4.79 Å². The number of nitrogens with zero attached hydrogens (tertiary/aromatic N) is 2. The summed E-state index contributed by atoms with van der Waals surface area (Å²) in [4.78, 5) is 37.1. The van der Waals surface area contributed by atoms with Crippen LogP contribution in [0.15, 0.2) is 0 Å². The molecule has 0 radical (unpaired) electrons. The van der Waals surface area contributed by atoms with Crippen molar-refractivity contribution in [2.45, 2.75) is 39.2 Å². The van der Waals surface area contributed by atoms with E-state index in [0.29, 0.717) is 19.4 Å². The molecule has 1 saturated heterocycles. The maximum atomic E-state index is 11.5. The van der Waals surface area contributed by atoms with Crippen molar-refractivity contribution in [1.29, 1.82) is 0 Å². The van der Waals surface area contributed by atoms with Crippen molar-refractivity contribution in [1.82, 2.24) is 15.1 Å². The Balaban J connectivity index is 2.28. The van der Waals surface area contributed by atoms with Crippen LogP contribution in [0, 0.1) is 0 Å². The van der Waals surface area contributed by atoms with Gasteiger partial charge in [0.15, 0.2) is 0 Å². The van der Waals surface area contributed by atoms with Crippen LogP contribution in [0.1, 0.15) is 33.1 Å². The van der Waals surface area contributed by atoms with Gasteiger partial charge in [0.1, 0.15) is 6.54 Å². The molecule has 1 fully saturated rings. The summed E-state index contributed by atoms with van der Waals surface area (Å²) in [6.07, 6.45) is 1.73. The molecule has 0 aromatic heterocycles. The van der Waals surface area contributed by atoms with Gasteiger partial charge >= 0.3 is 6.03 Å². The van der Waals surface area contributed by atoms with E-state index in [1.165, 1.54) is 9.80 Å². The van der Waals surface area contributed by atoms with E-state index in [-0.39, 0.29) is 30.4 Å². The standard InChI is InChI=1S/C12H21N3O3/c1-4-9(2)13-10(16)6-5-7-15-11(17)8-14(3)12(15)18/h9H,4-8H2,1-3H3,(H,13,16). The molecular weight excluding hydrogens is 234 g/mol. The van der Waals surface area contributed by atoms with E-state index in [1.54, 1.807) is 7.05 Å². The first-order valence-electron chi connectivity index (χ1n) is 6.30. The zero-order valence-corrected chi connectivity index (χ0v) is 11.2. The van der Waals surface area contributed by atoms with Crippen LogP contribution in [-0.2, 0) is 9.59 Å². The molecule has 1 heterocycles. The third-order valence-electron chi connectivity index (χ3n) is 3.04. The van der Waals surface area contributed by atoms with E-state index in [4.69, 9.17) is 0 Å². The molecule has 4 amide bonds. The molecule has 102 valence electrons. The van der Waals surface area contributed by atoms with E-state index >= 15 is 0 Å². The van der Waals surface area contributed by atoms with Crippen molar-refractivity contribution in [3.63, 3.8) is 0 Å². The average molecular weight is 255 g/mol. The third kappa shape index (κ3) is 3.72. The molecule has 1 unspecified atom stereocenters. The van der Waals surface area contributed by atoms with Crippen molar-refractivity contribution >= 4 is 17.8 Å². The maximum Gasteiger partial charge on any atom is 0.326 e. The number of carbonyl (C=O) groups is 3. The summed E-state index contributed by atoms with van der Waals surface area (Å²) in [5.74, 6) is -0.221. The summed E-state index contributed by atoms with van der Waals surface area (Å²) >= 11 is 0. The van der Waals surface area contributed by atoms with E-state index in [2.05, 4.69) is 5.32 Å². The molecule has 0 aromatic carbocycles. The SMILES string of the molecule is CCC(C)NC(=O)CCCN1C(=O)CN(C)C1=O. The lowest BCUT2D eigenvalue weighted by molar-refractivity contribution is -0.126. The highest BCUT2D eigenvalue weighted by Crippen LogP contribution is 2.09. The fourth-order valence-electron chi connectivity index (χ4n) is 1.74. The van der Waals surface area contributed by atoms with E-state index < -0.39 is 0 Å². The van der Waals surface area contributed by atoms with Gasteiger partial charge in [0, 0.05) is 26.1 Å². The highest BCUT2D eigenvalue weighted by atomic mass is 16.2. The number of rotatable bonds is 6. The van der Waals surface area contributed by atoms with E-state index in [0.717, 1.165) is 6.42 Å². The first-order chi connectivity index (χ1) is 8.45. The van der Waals surface area contributed by atoms with E-state index in [9.17, 15) is 14.4 Å². The van der Waals surface area contributed by atoms with E-state index in [1.807, 2.05) is 13.8 Å². The van der Waals surface area contributed by atoms with Crippen LogP contribution in [0.2, 0.25) is 0 Å². The molecule has 1 aliphatic rings. The Labute approximate surface area is 107 Å². The third-order valence-corrected chi connectivity index (χ3v) is 3.04. The fraction of sp³-hybridized carbons (Fsp3) is 0.750. The Bertz CT molecular complexity index is 343. The summed E-state index contributed by atoms with van der Waals surface area (Å²) in [6, 6.07) is -0.110. The fourth-order valence-corrected chi connectivity index (χ4v) is 1.74. The molecule has 1 N–H and O–H groups in total. The van der Waals surface area contributed by atoms with Crippen LogP contribution >= 0.6 is 0 Å². The highest BCUT2D eigenvalue weighted by Gasteiger charge is 2.32. The molecule has 0 aliphatic carbocycles. The van der Waals surface area contributed by atoms with Crippen LogP contribution in [0.25, 0.3) is 0 Å². The minimum absolute atomic E-state index is 0.0307. The Morgan fingerprint density at radius 1 is 1.44 bits per heavy atom. The second-order valence-corrected chi connectivity index (χ2v) is 4.66. The Hall–Kier alpha value is -1.59. The summed E-state index contributed by atoms with van der Waals surface area (Å²) in [5.41, 5.74) is 0. The number of hydrogen-bond donors (Lipinski definition) is 1. The van der Waals surface area contributed by atoms with Gasteiger partial charge in [-0.05, 0) is 19.8 Å². The highest BCUT2D eigenvalue weighted by molar-refractivity contribution is 6.01. The maximum absolute atomic E-state index is 11.5. The van der Waals surface area contributed by atoms with Crippen molar-refractivity contribution < 1.29 is 14.4 Å². The number of likely N-dealkylation sites (N-methyl/N-ethyl adjacent to an activating group) is 1. The number of hydrogen-bond acceptors (Lipinski definition) is 3. The zero-order valence-electron chi connectivity index (χ0n) is 11.2. The van der Waals surface area contributed by atoms with Crippen molar-refractivity contribution in [2.75, 3.05) is 20.1 Å². The normalized spacial score (nSPS) is 17.3. The predicted molar refractivity (Wildman–Crippen MR) is 66.9 cm³/mol. The lowest BCUT2D eigenvalue weighted by Crippen LogP contribution is -2.35. The molecule has 0 bridgehead atoms. The van der Waals surface area contributed by atoms with Gasteiger partial charge in [-0.15, -0.1) is 0 Å². The topological polar surface area (TPSA) is 69.7 Å². The van der Waals surface area contributed by atoms with Crippen LogP contribution in [0.3, 0.4) is 0 Å². The molecule has 0 spiro atoms. The number of carbonyl (C=O) groups excluding carboxylic acids is 3. The number of urea groups is 1. The van der Waals surface area contributed by atoms with Crippen LogP contribution in [0.5, 0.6) is 0 Å². The molecule has 1 rings (SSSR count). The van der Waals surface area contributed by atoms with Gasteiger partial charge in [0.05, 0.1) is 0 Å². The Kier molecular flexibility index (Phi) is 5.12. The minimum Gasteiger partial charge on any atom is -0.354 e. The summed E-state index contributed by atoms with van der Waals surface area (Å²) in [5, 5.41) is 2.85. The molecular formula is C12H21N3O3. The Morgan fingerprint density at radius 3 is 2.61 bits per heavy atom. The van der Waals surface area contributed by atoms with Crippen LogP contribution < -0.4 is 5.32 Å². The largest absolute Gasteiger partial charge is 0.354 e. The quantitative estimate of drug-likeness (QED) is 0.706. The monoisotopic (exact) mass is 255 g/mol. The minimum atomic E-state index is -0.276. The lowest BCUT2D eigenvalue weighted by Gasteiger charge is -2.14. The van der Waals surface area contributed by atoms with Gasteiger partial charge in [-0.25, -0.2) is 4.79 Å². The first kappa shape index (κ1) is 14.5. The molecule has 0 saturated carbocycles. The average Bonchev–Trinajstić information content (AvgIpc) is 2.55. The molecule has 1 atom stereocenters. The molecule has 0 aromatic rings. The number of nitrogens with one attached hydrogen (secondary N) is 1. The molecule has 18 heavy (non-hydrogen) atoms. The number of imide groups is 1. The second-order valence-electron chi connectivity index (χ2n) is 4.66. The van der Waals surface area contributed by atoms with Gasteiger partial charge in [-0.3, -0.25) is 14.5 Å². The van der Waals surface area contributed by atoms with Crippen LogP contribution in [-0.4, -0.2) is 53.8 Å². The van der Waals surface area contributed by atoms with Crippen molar-refractivity contribution in [2.24, 2.45) is 0 Å². The van der Waals surface area contributed by atoms with Gasteiger partial charge < -0.3 is 10.2 Å². The second kappa shape index (κ2) is 6.37. The smallest absolute Gasteiger partial charge is 0.326 e. The summed E-state index contributed by atoms with van der Waals surface area (Å²) < 4.78 is 0. The van der Waals surface area contributed by atoms with Crippen molar-refractivity contribution in [3.8, 4) is 0 Å². The number of amides is 4. The van der Waals surface area contributed by atoms with Gasteiger partial charge in [-0.1, -0.05) is 6.92 Å². The van der Waals surface area contributed by atoms with Gasteiger partial charge in [-0.2, -0.15) is 0 Å². The first-order valence-corrected chi connectivity index (χ1v) is 6.30. The predicted octanol–water partition coefficient (Wildman–Crippen LogP) is 0.575. The van der Waals surface area contributed by atoms with Crippen molar-refractivity contribution in [3.05, 3.63) is 0 Å². The summed E-state index contributed by atoms with van der Waals surface area (Å²) in [7, 11) is 1.59. The summed E-state index contributed by atoms with van der Waals surface area (Å²) in [6.45, 7) is 4.40. The Morgan fingerprint density at radius 2 is 2.11 bits per heavy atom.